The number of furan rings is 1. The monoisotopic (exact) mass is 293 g/mol. The van der Waals surface area contributed by atoms with Crippen LogP contribution in [0.2, 0.25) is 5.15 Å². The van der Waals surface area contributed by atoms with Crippen LogP contribution in [0.15, 0.2) is 35.1 Å². The Hall–Kier alpha value is -2.01. The normalized spacial score (nSPS) is 12.1. The summed E-state index contributed by atoms with van der Waals surface area (Å²) in [6, 6.07) is 5.26. The highest BCUT2D eigenvalue weighted by molar-refractivity contribution is 6.32. The fourth-order valence-electron chi connectivity index (χ4n) is 1.81. The molecule has 0 saturated heterocycles. The van der Waals surface area contributed by atoms with Crippen LogP contribution in [-0.2, 0) is 6.42 Å². The number of aryl methyl sites for hydroxylation is 1. The van der Waals surface area contributed by atoms with Gasteiger partial charge in [0.25, 0.3) is 5.91 Å². The van der Waals surface area contributed by atoms with E-state index >= 15 is 0 Å². The van der Waals surface area contributed by atoms with Crippen molar-refractivity contribution >= 4 is 23.2 Å². The largest absolute Gasteiger partial charge is 0.469 e. The summed E-state index contributed by atoms with van der Waals surface area (Å²) in [6.07, 6.45) is 4.58. The van der Waals surface area contributed by atoms with Crippen LogP contribution in [0.4, 0.5) is 5.69 Å². The molecule has 0 aliphatic carbocycles. The van der Waals surface area contributed by atoms with Gasteiger partial charge in [0.1, 0.15) is 10.9 Å². The van der Waals surface area contributed by atoms with Crippen molar-refractivity contribution in [1.82, 2.24) is 10.3 Å². The van der Waals surface area contributed by atoms with E-state index in [2.05, 4.69) is 10.3 Å². The lowest BCUT2D eigenvalue weighted by Gasteiger charge is -2.13. The average Bonchev–Trinajstić information content (AvgIpc) is 2.92. The van der Waals surface area contributed by atoms with Gasteiger partial charge in [-0.15, -0.1) is 0 Å². The minimum atomic E-state index is -0.276. The summed E-state index contributed by atoms with van der Waals surface area (Å²) in [7, 11) is 0. The van der Waals surface area contributed by atoms with E-state index < -0.39 is 0 Å². The number of halogens is 1. The van der Waals surface area contributed by atoms with Crippen LogP contribution in [0.3, 0.4) is 0 Å². The zero-order valence-electron chi connectivity index (χ0n) is 11.1. The van der Waals surface area contributed by atoms with Crippen LogP contribution in [0.5, 0.6) is 0 Å². The molecule has 0 radical (unpaired) electrons. The van der Waals surface area contributed by atoms with Gasteiger partial charge in [0.2, 0.25) is 0 Å². The molecule has 5 nitrogen and oxygen atoms in total. The van der Waals surface area contributed by atoms with E-state index in [0.717, 1.165) is 18.6 Å². The predicted octanol–water partition coefficient (Wildman–Crippen LogP) is 2.66. The second-order valence-corrected chi connectivity index (χ2v) is 4.96. The van der Waals surface area contributed by atoms with Gasteiger partial charge < -0.3 is 15.5 Å². The Morgan fingerprint density at radius 2 is 2.40 bits per heavy atom. The Morgan fingerprint density at radius 3 is 3.10 bits per heavy atom. The SMILES string of the molecule is CC(CCc1ccco1)NC(=O)c1cc(N)cnc1Cl. The van der Waals surface area contributed by atoms with E-state index in [1.165, 1.54) is 12.3 Å². The van der Waals surface area contributed by atoms with Gasteiger partial charge in [-0.2, -0.15) is 0 Å². The smallest absolute Gasteiger partial charge is 0.254 e. The van der Waals surface area contributed by atoms with Crippen molar-refractivity contribution in [1.29, 1.82) is 0 Å². The van der Waals surface area contributed by atoms with Crippen LogP contribution in [-0.4, -0.2) is 16.9 Å². The number of nitrogens with two attached hydrogens (primary N) is 1. The molecule has 2 rings (SSSR count). The van der Waals surface area contributed by atoms with Gasteiger partial charge in [0, 0.05) is 12.5 Å². The Balaban J connectivity index is 1.91. The first-order valence-corrected chi connectivity index (χ1v) is 6.68. The molecule has 0 fully saturated rings. The predicted molar refractivity (Wildman–Crippen MR) is 77.6 cm³/mol. The topological polar surface area (TPSA) is 81.2 Å². The first kappa shape index (κ1) is 14.4. The van der Waals surface area contributed by atoms with Crippen LogP contribution in [0, 0.1) is 0 Å². The van der Waals surface area contributed by atoms with E-state index in [-0.39, 0.29) is 22.7 Å². The number of carbonyl (C=O) groups is 1. The first-order chi connectivity index (χ1) is 9.56. The molecule has 20 heavy (non-hydrogen) atoms. The number of pyridine rings is 1. The number of hydrogen-bond donors (Lipinski definition) is 2. The second-order valence-electron chi connectivity index (χ2n) is 4.60. The van der Waals surface area contributed by atoms with Crippen molar-refractivity contribution in [3.63, 3.8) is 0 Å². The molecular weight excluding hydrogens is 278 g/mol. The third-order valence-corrected chi connectivity index (χ3v) is 3.19. The van der Waals surface area contributed by atoms with Crippen LogP contribution >= 0.6 is 11.6 Å². The molecule has 0 bridgehead atoms. The summed E-state index contributed by atoms with van der Waals surface area (Å²) in [5.41, 5.74) is 6.30. The lowest BCUT2D eigenvalue weighted by Crippen LogP contribution is -2.33. The molecule has 1 unspecified atom stereocenters. The number of nitrogens with zero attached hydrogens (tertiary/aromatic N) is 1. The molecule has 1 amide bonds. The van der Waals surface area contributed by atoms with E-state index in [4.69, 9.17) is 21.8 Å². The minimum Gasteiger partial charge on any atom is -0.469 e. The van der Waals surface area contributed by atoms with Crippen molar-refractivity contribution in [2.45, 2.75) is 25.8 Å². The number of carbonyl (C=O) groups excluding carboxylic acids is 1. The minimum absolute atomic E-state index is 0.00917. The molecule has 3 N–H and O–H groups in total. The number of hydrogen-bond acceptors (Lipinski definition) is 4. The quantitative estimate of drug-likeness (QED) is 0.831. The molecule has 6 heteroatoms. The Labute approximate surface area is 122 Å². The zero-order valence-corrected chi connectivity index (χ0v) is 11.9. The lowest BCUT2D eigenvalue weighted by atomic mass is 10.1. The molecule has 0 aliphatic heterocycles. The molecule has 2 aromatic heterocycles. The van der Waals surface area contributed by atoms with Gasteiger partial charge in [0.05, 0.1) is 23.7 Å². The molecule has 0 spiro atoms. The lowest BCUT2D eigenvalue weighted by molar-refractivity contribution is 0.0938. The highest BCUT2D eigenvalue weighted by Crippen LogP contribution is 2.16. The summed E-state index contributed by atoms with van der Waals surface area (Å²) in [5.74, 6) is 0.622. The highest BCUT2D eigenvalue weighted by Gasteiger charge is 2.14. The van der Waals surface area contributed by atoms with Gasteiger partial charge >= 0.3 is 0 Å². The zero-order chi connectivity index (χ0) is 14.5. The fourth-order valence-corrected chi connectivity index (χ4v) is 2.00. The third-order valence-electron chi connectivity index (χ3n) is 2.89. The number of aromatic nitrogens is 1. The molecule has 106 valence electrons. The Bertz CT molecular complexity index is 584. The number of rotatable bonds is 5. The van der Waals surface area contributed by atoms with Crippen LogP contribution in [0.25, 0.3) is 0 Å². The number of amides is 1. The molecule has 0 saturated carbocycles. The van der Waals surface area contributed by atoms with E-state index in [0.29, 0.717) is 5.69 Å². The van der Waals surface area contributed by atoms with Crippen molar-refractivity contribution in [3.8, 4) is 0 Å². The first-order valence-electron chi connectivity index (χ1n) is 6.30. The van der Waals surface area contributed by atoms with Crippen molar-refractivity contribution in [2.75, 3.05) is 5.73 Å². The maximum atomic E-state index is 12.1. The summed E-state index contributed by atoms with van der Waals surface area (Å²) in [4.78, 5) is 15.9. The van der Waals surface area contributed by atoms with E-state index in [9.17, 15) is 4.79 Å². The number of nitrogens with one attached hydrogen (secondary N) is 1. The van der Waals surface area contributed by atoms with E-state index in [1.807, 2.05) is 19.1 Å². The van der Waals surface area contributed by atoms with Gasteiger partial charge in [-0.05, 0) is 31.5 Å². The average molecular weight is 294 g/mol. The summed E-state index contributed by atoms with van der Waals surface area (Å²) >= 11 is 5.89. The highest BCUT2D eigenvalue weighted by atomic mass is 35.5. The Morgan fingerprint density at radius 1 is 1.60 bits per heavy atom. The molecular formula is C14H16ClN3O2. The molecule has 2 aromatic rings. The second kappa shape index (κ2) is 6.43. The van der Waals surface area contributed by atoms with Crippen molar-refractivity contribution in [2.24, 2.45) is 0 Å². The van der Waals surface area contributed by atoms with Crippen molar-refractivity contribution < 1.29 is 9.21 Å². The third kappa shape index (κ3) is 3.74. The van der Waals surface area contributed by atoms with Crippen LogP contribution < -0.4 is 11.1 Å². The maximum Gasteiger partial charge on any atom is 0.254 e. The standard InChI is InChI=1S/C14H16ClN3O2/c1-9(4-5-11-3-2-6-20-11)18-14(19)12-7-10(16)8-17-13(12)15/h2-3,6-9H,4-5,16H2,1H3,(H,18,19). The summed E-state index contributed by atoms with van der Waals surface area (Å²) < 4.78 is 5.25. The number of anilines is 1. The molecule has 1 atom stereocenters. The van der Waals surface area contributed by atoms with Gasteiger partial charge in [-0.3, -0.25) is 4.79 Å². The van der Waals surface area contributed by atoms with Gasteiger partial charge in [0.15, 0.2) is 0 Å². The Kier molecular flexibility index (Phi) is 4.63. The summed E-state index contributed by atoms with van der Waals surface area (Å²) in [5, 5.41) is 3.01. The number of nitrogen functional groups attached to an aromatic ring is 1. The molecule has 2 heterocycles. The van der Waals surface area contributed by atoms with Gasteiger partial charge in [-0.25, -0.2) is 4.98 Å². The fraction of sp³-hybridized carbons (Fsp3) is 0.286. The van der Waals surface area contributed by atoms with Crippen LogP contribution in [0.1, 0.15) is 29.5 Å². The summed E-state index contributed by atoms with van der Waals surface area (Å²) in [6.45, 7) is 1.93. The van der Waals surface area contributed by atoms with Crippen molar-refractivity contribution in [3.05, 3.63) is 47.1 Å². The van der Waals surface area contributed by atoms with E-state index in [1.54, 1.807) is 6.26 Å². The molecule has 0 aliphatic rings. The molecule has 0 aromatic carbocycles. The van der Waals surface area contributed by atoms with Gasteiger partial charge in [-0.1, -0.05) is 11.6 Å². The maximum absolute atomic E-state index is 12.1.